The molecule has 1 aliphatic carbocycles. The fourth-order valence-corrected chi connectivity index (χ4v) is 4.09. The number of hydrogen-bond acceptors (Lipinski definition) is 5. The van der Waals surface area contributed by atoms with Gasteiger partial charge in [0.05, 0.1) is 18.4 Å². The van der Waals surface area contributed by atoms with Crippen molar-refractivity contribution in [2.75, 3.05) is 19.9 Å². The summed E-state index contributed by atoms with van der Waals surface area (Å²) in [6, 6.07) is 15.5. The topological polar surface area (TPSA) is 60.3 Å². The van der Waals surface area contributed by atoms with Gasteiger partial charge in [0, 0.05) is 23.8 Å². The van der Waals surface area contributed by atoms with Gasteiger partial charge in [-0.25, -0.2) is 0 Å². The number of nitrogens with zero attached hydrogens (tertiary/aromatic N) is 4. The van der Waals surface area contributed by atoms with Crippen LogP contribution in [0.5, 0.6) is 5.75 Å². The normalized spacial score (nSPS) is 13.3. The van der Waals surface area contributed by atoms with Gasteiger partial charge >= 0.3 is 0 Å². The molecule has 0 unspecified atom stereocenters. The SMILES string of the molecule is COc1ccccc1-c1nnc(SCC(=O)N(C)C2CC2)n1-c1ccc(Cl)cc1. The fourth-order valence-electron chi connectivity index (χ4n) is 3.08. The molecule has 0 N–H and O–H groups in total. The number of thioether (sulfide) groups is 1. The first-order valence-electron chi connectivity index (χ1n) is 9.31. The summed E-state index contributed by atoms with van der Waals surface area (Å²) in [6.07, 6.45) is 2.18. The molecule has 6 nitrogen and oxygen atoms in total. The van der Waals surface area contributed by atoms with E-state index in [1.807, 2.05) is 65.0 Å². The molecule has 0 aliphatic heterocycles. The van der Waals surface area contributed by atoms with E-state index in [9.17, 15) is 4.79 Å². The molecule has 0 spiro atoms. The number of benzene rings is 2. The molecule has 1 amide bonds. The maximum absolute atomic E-state index is 12.5. The van der Waals surface area contributed by atoms with Crippen LogP contribution in [-0.2, 0) is 4.79 Å². The van der Waals surface area contributed by atoms with Crippen LogP contribution in [0, 0.1) is 0 Å². The van der Waals surface area contributed by atoms with Gasteiger partial charge in [0.15, 0.2) is 11.0 Å². The Labute approximate surface area is 178 Å². The Kier molecular flexibility index (Phi) is 5.78. The van der Waals surface area contributed by atoms with Crippen molar-refractivity contribution in [3.8, 4) is 22.8 Å². The lowest BCUT2D eigenvalue weighted by atomic mass is 10.2. The Morgan fingerprint density at radius 2 is 1.93 bits per heavy atom. The molecule has 2 aromatic carbocycles. The second-order valence-corrected chi connectivity index (χ2v) is 8.22. The van der Waals surface area contributed by atoms with E-state index in [0.717, 1.165) is 24.1 Å². The Balaban J connectivity index is 1.70. The van der Waals surface area contributed by atoms with Gasteiger partial charge in [-0.3, -0.25) is 9.36 Å². The average molecular weight is 429 g/mol. The highest BCUT2D eigenvalue weighted by atomic mass is 35.5. The van der Waals surface area contributed by atoms with Gasteiger partial charge in [0.2, 0.25) is 5.91 Å². The summed E-state index contributed by atoms with van der Waals surface area (Å²) in [5.41, 5.74) is 1.69. The van der Waals surface area contributed by atoms with Crippen LogP contribution < -0.4 is 4.74 Å². The van der Waals surface area contributed by atoms with Gasteiger partial charge in [-0.15, -0.1) is 10.2 Å². The summed E-state index contributed by atoms with van der Waals surface area (Å²) in [5.74, 6) is 1.76. The molecule has 4 rings (SSSR count). The predicted octanol–water partition coefficient (Wildman–Crippen LogP) is 4.31. The van der Waals surface area contributed by atoms with E-state index in [-0.39, 0.29) is 5.91 Å². The molecule has 0 radical (unpaired) electrons. The van der Waals surface area contributed by atoms with Gasteiger partial charge in [0.25, 0.3) is 0 Å². The van der Waals surface area contributed by atoms with Crippen molar-refractivity contribution in [2.45, 2.75) is 24.0 Å². The van der Waals surface area contributed by atoms with Gasteiger partial charge in [0.1, 0.15) is 5.75 Å². The monoisotopic (exact) mass is 428 g/mol. The van der Waals surface area contributed by atoms with Crippen LogP contribution in [0.4, 0.5) is 0 Å². The number of aromatic nitrogens is 3. The maximum atomic E-state index is 12.5. The van der Waals surface area contributed by atoms with Crippen LogP contribution in [0.25, 0.3) is 17.1 Å². The summed E-state index contributed by atoms with van der Waals surface area (Å²) in [5, 5.41) is 10.1. The molecular formula is C21H21ClN4O2S. The Hall–Kier alpha value is -2.51. The highest BCUT2D eigenvalue weighted by Crippen LogP contribution is 2.34. The van der Waals surface area contributed by atoms with Gasteiger partial charge in [-0.1, -0.05) is 35.5 Å². The molecule has 1 heterocycles. The van der Waals surface area contributed by atoms with Gasteiger partial charge in [-0.2, -0.15) is 0 Å². The largest absolute Gasteiger partial charge is 0.496 e. The number of hydrogen-bond donors (Lipinski definition) is 0. The van der Waals surface area contributed by atoms with Gasteiger partial charge < -0.3 is 9.64 Å². The minimum atomic E-state index is 0.0991. The van der Waals surface area contributed by atoms with E-state index in [2.05, 4.69) is 10.2 Å². The molecular weight excluding hydrogens is 408 g/mol. The Morgan fingerprint density at radius 3 is 2.62 bits per heavy atom. The highest BCUT2D eigenvalue weighted by molar-refractivity contribution is 7.99. The molecule has 1 aromatic heterocycles. The number of ether oxygens (including phenoxy) is 1. The standard InChI is InChI=1S/C21H21ClN4O2S/c1-25(15-11-12-15)19(27)13-29-21-24-23-20(17-5-3-4-6-18(17)28-2)26(21)16-9-7-14(22)8-10-16/h3-10,15H,11-13H2,1-2H3. The van der Waals surface area contributed by atoms with E-state index in [1.165, 1.54) is 11.8 Å². The summed E-state index contributed by atoms with van der Waals surface area (Å²) in [6.45, 7) is 0. The molecule has 3 aromatic rings. The third kappa shape index (κ3) is 4.26. The first-order chi connectivity index (χ1) is 14.1. The Bertz CT molecular complexity index is 1020. The molecule has 1 fully saturated rings. The zero-order chi connectivity index (χ0) is 20.4. The lowest BCUT2D eigenvalue weighted by molar-refractivity contribution is -0.127. The number of carbonyl (C=O) groups is 1. The summed E-state index contributed by atoms with van der Waals surface area (Å²) in [4.78, 5) is 14.3. The van der Waals surface area contributed by atoms with Crippen molar-refractivity contribution in [3.63, 3.8) is 0 Å². The molecule has 0 atom stereocenters. The zero-order valence-electron chi connectivity index (χ0n) is 16.2. The van der Waals surface area contributed by atoms with E-state index >= 15 is 0 Å². The minimum absolute atomic E-state index is 0.0991. The van der Waals surface area contributed by atoms with Gasteiger partial charge in [-0.05, 0) is 49.2 Å². The van der Waals surface area contributed by atoms with Crippen molar-refractivity contribution in [3.05, 3.63) is 53.6 Å². The third-order valence-electron chi connectivity index (χ3n) is 4.88. The first-order valence-corrected chi connectivity index (χ1v) is 10.7. The number of amides is 1. The van der Waals surface area contributed by atoms with Crippen LogP contribution in [-0.4, -0.2) is 51.5 Å². The number of carbonyl (C=O) groups excluding carboxylic acids is 1. The lowest BCUT2D eigenvalue weighted by Crippen LogP contribution is -2.30. The van der Waals surface area contributed by atoms with Crippen LogP contribution in [0.2, 0.25) is 5.02 Å². The van der Waals surface area contributed by atoms with Crippen molar-refractivity contribution in [2.24, 2.45) is 0 Å². The molecule has 150 valence electrons. The van der Waals surface area contributed by atoms with E-state index in [0.29, 0.717) is 33.5 Å². The minimum Gasteiger partial charge on any atom is -0.496 e. The average Bonchev–Trinajstić information content (AvgIpc) is 3.52. The summed E-state index contributed by atoms with van der Waals surface area (Å²) < 4.78 is 7.45. The molecule has 29 heavy (non-hydrogen) atoms. The van der Waals surface area contributed by atoms with E-state index in [4.69, 9.17) is 16.3 Å². The number of methoxy groups -OCH3 is 1. The number of para-hydroxylation sites is 1. The summed E-state index contributed by atoms with van der Waals surface area (Å²) >= 11 is 7.46. The Morgan fingerprint density at radius 1 is 1.21 bits per heavy atom. The smallest absolute Gasteiger partial charge is 0.233 e. The van der Waals surface area contributed by atoms with Crippen LogP contribution >= 0.6 is 23.4 Å². The molecule has 0 saturated heterocycles. The second kappa shape index (κ2) is 8.47. The van der Waals surface area contributed by atoms with E-state index < -0.39 is 0 Å². The van der Waals surface area contributed by atoms with Crippen LogP contribution in [0.15, 0.2) is 53.7 Å². The lowest BCUT2D eigenvalue weighted by Gasteiger charge is -2.16. The van der Waals surface area contributed by atoms with Crippen LogP contribution in [0.3, 0.4) is 0 Å². The maximum Gasteiger partial charge on any atom is 0.233 e. The summed E-state index contributed by atoms with van der Waals surface area (Å²) in [7, 11) is 3.49. The zero-order valence-corrected chi connectivity index (χ0v) is 17.8. The number of rotatable bonds is 7. The molecule has 1 saturated carbocycles. The van der Waals surface area contributed by atoms with Crippen molar-refractivity contribution in [1.29, 1.82) is 0 Å². The predicted molar refractivity (Wildman–Crippen MR) is 115 cm³/mol. The molecule has 0 bridgehead atoms. The quantitative estimate of drug-likeness (QED) is 0.525. The van der Waals surface area contributed by atoms with Crippen LogP contribution in [0.1, 0.15) is 12.8 Å². The van der Waals surface area contributed by atoms with Crippen molar-refractivity contribution < 1.29 is 9.53 Å². The number of halogens is 1. The molecule has 8 heteroatoms. The first kappa shape index (κ1) is 19.8. The third-order valence-corrected chi connectivity index (χ3v) is 6.04. The second-order valence-electron chi connectivity index (χ2n) is 6.84. The van der Waals surface area contributed by atoms with E-state index in [1.54, 1.807) is 7.11 Å². The fraction of sp³-hybridized carbons (Fsp3) is 0.286. The van der Waals surface area contributed by atoms with Crippen molar-refractivity contribution >= 4 is 29.3 Å². The van der Waals surface area contributed by atoms with Crippen molar-refractivity contribution in [1.82, 2.24) is 19.7 Å². The highest BCUT2D eigenvalue weighted by Gasteiger charge is 2.29. The molecule has 1 aliphatic rings.